The van der Waals surface area contributed by atoms with Crippen LogP contribution in [0.1, 0.15) is 24.5 Å². The van der Waals surface area contributed by atoms with Crippen molar-refractivity contribution in [2.45, 2.75) is 19.1 Å². The topological polar surface area (TPSA) is 20.2 Å². The number of aliphatic hydroxyl groups excluding tert-OH is 1. The number of thioether (sulfide) groups is 1. The highest BCUT2D eigenvalue weighted by atomic mass is 32.2. The van der Waals surface area contributed by atoms with Gasteiger partial charge in [0, 0.05) is 11.3 Å². The van der Waals surface area contributed by atoms with Crippen LogP contribution in [0.4, 0.5) is 4.39 Å². The highest BCUT2D eigenvalue weighted by molar-refractivity contribution is 7.98. The molecule has 0 radical (unpaired) electrons. The predicted molar refractivity (Wildman–Crippen MR) is 66.8 cm³/mol. The molecule has 0 unspecified atom stereocenters. The molecule has 0 atom stereocenters. The van der Waals surface area contributed by atoms with Crippen LogP contribution in [0, 0.1) is 17.7 Å². The van der Waals surface area contributed by atoms with E-state index in [1.165, 1.54) is 6.07 Å². The Kier molecular flexibility index (Phi) is 5.99. The smallest absolute Gasteiger partial charge is 0.128 e. The minimum absolute atomic E-state index is 0.199. The van der Waals surface area contributed by atoms with Gasteiger partial charge in [0.25, 0.3) is 0 Å². The van der Waals surface area contributed by atoms with Crippen LogP contribution in [-0.2, 0) is 5.75 Å². The van der Waals surface area contributed by atoms with Gasteiger partial charge in [0.05, 0.1) is 0 Å². The van der Waals surface area contributed by atoms with Gasteiger partial charge in [-0.05, 0) is 29.9 Å². The molecule has 1 rings (SSSR count). The lowest BCUT2D eigenvalue weighted by Gasteiger charge is -2.02. The van der Waals surface area contributed by atoms with Gasteiger partial charge in [-0.1, -0.05) is 24.8 Å². The molecule has 3 heteroatoms. The lowest BCUT2D eigenvalue weighted by atomic mass is 10.1. The first-order valence-corrected chi connectivity index (χ1v) is 6.39. The molecule has 1 aromatic carbocycles. The molecule has 0 saturated heterocycles. The van der Waals surface area contributed by atoms with Crippen molar-refractivity contribution in [3.63, 3.8) is 0 Å². The number of benzene rings is 1. The first-order valence-electron chi connectivity index (χ1n) is 5.23. The van der Waals surface area contributed by atoms with E-state index in [1.54, 1.807) is 23.9 Å². The van der Waals surface area contributed by atoms with Crippen molar-refractivity contribution in [1.29, 1.82) is 0 Å². The van der Waals surface area contributed by atoms with E-state index in [0.717, 1.165) is 12.2 Å². The van der Waals surface area contributed by atoms with Crippen molar-refractivity contribution >= 4 is 11.8 Å². The average Bonchev–Trinajstić information content (AvgIpc) is 2.29. The monoisotopic (exact) mass is 238 g/mol. The molecule has 0 saturated carbocycles. The van der Waals surface area contributed by atoms with Gasteiger partial charge in [0.1, 0.15) is 12.4 Å². The van der Waals surface area contributed by atoms with Crippen LogP contribution in [0.25, 0.3) is 0 Å². The fourth-order valence-electron chi connectivity index (χ4n) is 1.21. The molecule has 86 valence electrons. The molecule has 0 amide bonds. The first-order chi connectivity index (χ1) is 7.77. The fraction of sp³-hybridized carbons (Fsp3) is 0.385. The van der Waals surface area contributed by atoms with Gasteiger partial charge >= 0.3 is 0 Å². The van der Waals surface area contributed by atoms with Crippen LogP contribution in [-0.4, -0.2) is 17.5 Å². The maximum atomic E-state index is 13.6. The summed E-state index contributed by atoms with van der Waals surface area (Å²) in [6.45, 7) is 1.91. The van der Waals surface area contributed by atoms with Gasteiger partial charge in [-0.25, -0.2) is 4.39 Å². The van der Waals surface area contributed by atoms with Gasteiger partial charge in [0.15, 0.2) is 0 Å². The van der Waals surface area contributed by atoms with Gasteiger partial charge in [-0.2, -0.15) is 11.8 Å². The largest absolute Gasteiger partial charge is 0.384 e. The quantitative estimate of drug-likeness (QED) is 0.643. The summed E-state index contributed by atoms with van der Waals surface area (Å²) in [5.41, 5.74) is 1.32. The van der Waals surface area contributed by atoms with Crippen molar-refractivity contribution in [3.05, 3.63) is 35.1 Å². The molecule has 0 bridgehead atoms. The zero-order valence-electron chi connectivity index (χ0n) is 9.29. The summed E-state index contributed by atoms with van der Waals surface area (Å²) in [4.78, 5) is 0. The zero-order chi connectivity index (χ0) is 11.8. The van der Waals surface area contributed by atoms with Crippen molar-refractivity contribution in [2.24, 2.45) is 0 Å². The molecule has 0 aliphatic heterocycles. The summed E-state index contributed by atoms with van der Waals surface area (Å²) in [6.07, 6.45) is 1.10. The maximum absolute atomic E-state index is 13.6. The minimum atomic E-state index is -0.214. The standard InChI is InChI=1S/C13H15FOS/c1-2-8-16-10-12-6-5-11(4-3-7-15)9-13(12)14/h5-6,9,15H,2,7-8,10H2,1H3. The summed E-state index contributed by atoms with van der Waals surface area (Å²) < 4.78 is 13.6. The lowest BCUT2D eigenvalue weighted by Crippen LogP contribution is -1.90. The Bertz CT molecular complexity index is 393. The second kappa shape index (κ2) is 7.32. The molecule has 0 aliphatic carbocycles. The number of rotatable bonds is 4. The average molecular weight is 238 g/mol. The first kappa shape index (κ1) is 13.1. The van der Waals surface area contributed by atoms with E-state index in [9.17, 15) is 4.39 Å². The van der Waals surface area contributed by atoms with Gasteiger partial charge in [-0.15, -0.1) is 0 Å². The summed E-state index contributed by atoms with van der Waals surface area (Å²) in [6, 6.07) is 4.97. The third-order valence-electron chi connectivity index (χ3n) is 1.97. The third-order valence-corrected chi connectivity index (χ3v) is 3.18. The van der Waals surface area contributed by atoms with Crippen LogP contribution in [0.2, 0.25) is 0 Å². The summed E-state index contributed by atoms with van der Waals surface area (Å²) >= 11 is 1.73. The molecular weight excluding hydrogens is 223 g/mol. The Balaban J connectivity index is 2.67. The summed E-state index contributed by atoms with van der Waals surface area (Å²) in [5, 5.41) is 8.52. The SMILES string of the molecule is CCCSCc1ccc(C#CCO)cc1F. The van der Waals surface area contributed by atoms with Gasteiger partial charge < -0.3 is 5.11 Å². The van der Waals surface area contributed by atoms with E-state index in [4.69, 9.17) is 5.11 Å². The van der Waals surface area contributed by atoms with Crippen molar-refractivity contribution in [2.75, 3.05) is 12.4 Å². The Labute approximate surface area is 100 Å². The molecule has 1 N–H and O–H groups in total. The lowest BCUT2D eigenvalue weighted by molar-refractivity contribution is 0.350. The number of halogens is 1. The number of hydrogen-bond donors (Lipinski definition) is 1. The van der Waals surface area contributed by atoms with Crippen molar-refractivity contribution < 1.29 is 9.50 Å². The Morgan fingerprint density at radius 2 is 2.25 bits per heavy atom. The Morgan fingerprint density at radius 3 is 2.88 bits per heavy atom. The minimum Gasteiger partial charge on any atom is -0.384 e. The van der Waals surface area contributed by atoms with E-state index in [1.807, 2.05) is 0 Å². The van der Waals surface area contributed by atoms with E-state index in [2.05, 4.69) is 18.8 Å². The molecule has 0 spiro atoms. The normalized spacial score (nSPS) is 9.69. The van der Waals surface area contributed by atoms with Crippen LogP contribution in [0.3, 0.4) is 0 Å². The molecule has 0 heterocycles. The molecule has 0 aromatic heterocycles. The van der Waals surface area contributed by atoms with Crippen molar-refractivity contribution in [1.82, 2.24) is 0 Å². The van der Waals surface area contributed by atoms with E-state index < -0.39 is 0 Å². The Hall–Kier alpha value is -0.980. The van der Waals surface area contributed by atoms with Gasteiger partial charge in [-0.3, -0.25) is 0 Å². The second-order valence-electron chi connectivity index (χ2n) is 3.32. The summed E-state index contributed by atoms with van der Waals surface area (Å²) in [7, 11) is 0. The number of aliphatic hydroxyl groups is 1. The summed E-state index contributed by atoms with van der Waals surface area (Å²) in [5.74, 6) is 6.71. The highest BCUT2D eigenvalue weighted by Crippen LogP contribution is 2.17. The predicted octanol–water partition coefficient (Wildman–Crippen LogP) is 2.81. The van der Waals surface area contributed by atoms with Gasteiger partial charge in [0.2, 0.25) is 0 Å². The van der Waals surface area contributed by atoms with E-state index in [0.29, 0.717) is 16.9 Å². The second-order valence-corrected chi connectivity index (χ2v) is 4.42. The zero-order valence-corrected chi connectivity index (χ0v) is 10.1. The Morgan fingerprint density at radius 1 is 1.44 bits per heavy atom. The van der Waals surface area contributed by atoms with E-state index >= 15 is 0 Å². The maximum Gasteiger partial charge on any atom is 0.128 e. The third kappa shape index (κ3) is 4.26. The van der Waals surface area contributed by atoms with Crippen LogP contribution >= 0.6 is 11.8 Å². The molecular formula is C13H15FOS. The highest BCUT2D eigenvalue weighted by Gasteiger charge is 2.02. The van der Waals surface area contributed by atoms with Crippen LogP contribution in [0.15, 0.2) is 18.2 Å². The fourth-order valence-corrected chi connectivity index (χ4v) is 2.10. The van der Waals surface area contributed by atoms with Crippen LogP contribution < -0.4 is 0 Å². The molecule has 0 fully saturated rings. The van der Waals surface area contributed by atoms with E-state index in [-0.39, 0.29) is 12.4 Å². The molecule has 16 heavy (non-hydrogen) atoms. The number of hydrogen-bond acceptors (Lipinski definition) is 2. The van der Waals surface area contributed by atoms with Crippen LogP contribution in [0.5, 0.6) is 0 Å². The molecule has 1 nitrogen and oxygen atoms in total. The molecule has 1 aromatic rings. The van der Waals surface area contributed by atoms with Crippen molar-refractivity contribution in [3.8, 4) is 11.8 Å². The molecule has 0 aliphatic rings.